The molecule has 0 fully saturated rings. The maximum absolute atomic E-state index is 11.3. The molecule has 26 heavy (non-hydrogen) atoms. The van der Waals surface area contributed by atoms with E-state index in [9.17, 15) is 13.2 Å². The Kier molecular flexibility index (Phi) is 7.76. The molecule has 0 saturated carbocycles. The number of carbonyl (C=O) groups is 1. The lowest BCUT2D eigenvalue weighted by atomic mass is 9.93. The van der Waals surface area contributed by atoms with Gasteiger partial charge in [-0.05, 0) is 36.6 Å². The molecule has 0 aliphatic rings. The van der Waals surface area contributed by atoms with Gasteiger partial charge in [0.05, 0.1) is 11.8 Å². The molecule has 142 valence electrons. The van der Waals surface area contributed by atoms with Crippen molar-refractivity contribution in [1.29, 1.82) is 0 Å². The van der Waals surface area contributed by atoms with E-state index in [1.165, 1.54) is 0 Å². The fourth-order valence-corrected chi connectivity index (χ4v) is 2.00. The van der Waals surface area contributed by atoms with Crippen molar-refractivity contribution in [2.75, 3.05) is 6.26 Å². The molecule has 1 unspecified atom stereocenters. The predicted octanol–water partition coefficient (Wildman–Crippen LogP) is 1.51. The summed E-state index contributed by atoms with van der Waals surface area (Å²) in [6.07, 6.45) is 1.10. The smallest absolute Gasteiger partial charge is 0.261 e. The van der Waals surface area contributed by atoms with Crippen LogP contribution in [-0.2, 0) is 27.9 Å². The highest BCUT2D eigenvalue weighted by atomic mass is 32.2. The zero-order valence-electron chi connectivity index (χ0n) is 14.8. The Morgan fingerprint density at radius 3 is 2.19 bits per heavy atom. The van der Waals surface area contributed by atoms with Crippen LogP contribution >= 0.6 is 0 Å². The quantitative estimate of drug-likeness (QED) is 0.651. The van der Waals surface area contributed by atoms with Gasteiger partial charge in [-0.25, -0.2) is 0 Å². The van der Waals surface area contributed by atoms with Crippen LogP contribution in [-0.4, -0.2) is 30.7 Å². The summed E-state index contributed by atoms with van der Waals surface area (Å²) in [5.74, 6) is 0.231. The summed E-state index contributed by atoms with van der Waals surface area (Å²) in [4.78, 5) is 11.3. The molecule has 0 bridgehead atoms. The number of benzene rings is 2. The summed E-state index contributed by atoms with van der Waals surface area (Å²) in [6, 6.07) is 17.5. The largest absolute Gasteiger partial charge is 0.489 e. The topological polar surface area (TPSA) is 133 Å². The summed E-state index contributed by atoms with van der Waals surface area (Å²) in [5.41, 5.74) is 12.2. The first-order chi connectivity index (χ1) is 12.0. The standard InChI is InChI=1S/C17H20N2O2.CH4O3S/c1-17(19,16(18)20)11-14-8-5-9-15(10-14)21-12-13-6-3-2-4-7-13;1-5(2,3)4/h2-10H,11-12,19H2,1H3,(H2,18,20);1H3,(H,2,3,4). The highest BCUT2D eigenvalue weighted by molar-refractivity contribution is 7.85. The molecule has 5 N–H and O–H groups in total. The summed E-state index contributed by atoms with van der Waals surface area (Å²) in [7, 11) is -3.67. The van der Waals surface area contributed by atoms with Crippen molar-refractivity contribution in [3.05, 3.63) is 65.7 Å². The van der Waals surface area contributed by atoms with Crippen molar-refractivity contribution < 1.29 is 22.5 Å². The number of amides is 1. The van der Waals surface area contributed by atoms with Gasteiger partial charge >= 0.3 is 0 Å². The summed E-state index contributed by atoms with van der Waals surface area (Å²) < 4.78 is 31.6. The molecule has 2 aromatic carbocycles. The number of carbonyl (C=O) groups excluding carboxylic acids is 1. The molecule has 0 spiro atoms. The van der Waals surface area contributed by atoms with Crippen molar-refractivity contribution in [2.45, 2.75) is 25.5 Å². The molecular weight excluding hydrogens is 356 g/mol. The normalized spacial score (nSPS) is 13.1. The van der Waals surface area contributed by atoms with Crippen LogP contribution in [0.5, 0.6) is 5.75 Å². The minimum atomic E-state index is -3.67. The monoisotopic (exact) mass is 380 g/mol. The van der Waals surface area contributed by atoms with E-state index in [1.807, 2.05) is 54.6 Å². The lowest BCUT2D eigenvalue weighted by Gasteiger charge is -2.20. The molecule has 2 rings (SSSR count). The van der Waals surface area contributed by atoms with Crippen molar-refractivity contribution in [2.24, 2.45) is 11.5 Å². The fourth-order valence-electron chi connectivity index (χ4n) is 2.00. The van der Waals surface area contributed by atoms with Crippen molar-refractivity contribution in [1.82, 2.24) is 0 Å². The third-order valence-corrected chi connectivity index (χ3v) is 3.28. The summed E-state index contributed by atoms with van der Waals surface area (Å²) >= 11 is 0. The van der Waals surface area contributed by atoms with E-state index in [0.717, 1.165) is 16.9 Å². The molecule has 0 radical (unpaired) electrons. The van der Waals surface area contributed by atoms with Gasteiger partial charge in [0, 0.05) is 0 Å². The van der Waals surface area contributed by atoms with Gasteiger partial charge in [-0.2, -0.15) is 8.42 Å². The van der Waals surface area contributed by atoms with E-state index in [1.54, 1.807) is 6.92 Å². The van der Waals surface area contributed by atoms with Crippen molar-refractivity contribution in [3.8, 4) is 5.75 Å². The lowest BCUT2D eigenvalue weighted by Crippen LogP contribution is -2.51. The number of rotatable bonds is 6. The fraction of sp³-hybridized carbons (Fsp3) is 0.278. The highest BCUT2D eigenvalue weighted by Crippen LogP contribution is 2.18. The van der Waals surface area contributed by atoms with Crippen molar-refractivity contribution in [3.63, 3.8) is 0 Å². The van der Waals surface area contributed by atoms with Gasteiger partial charge in [-0.15, -0.1) is 0 Å². The van der Waals surface area contributed by atoms with Gasteiger partial charge in [-0.1, -0.05) is 42.5 Å². The van der Waals surface area contributed by atoms with E-state index in [0.29, 0.717) is 19.3 Å². The Hall–Kier alpha value is -2.42. The second kappa shape index (κ2) is 9.33. The van der Waals surface area contributed by atoms with Crippen LogP contribution in [0.1, 0.15) is 18.1 Å². The Balaban J connectivity index is 0.000000597. The number of hydrogen-bond donors (Lipinski definition) is 3. The first-order valence-corrected chi connectivity index (χ1v) is 9.59. The molecule has 1 amide bonds. The number of primary amides is 1. The zero-order valence-corrected chi connectivity index (χ0v) is 15.6. The minimum absolute atomic E-state index is 0.380. The van der Waals surface area contributed by atoms with Crippen LogP contribution in [0.4, 0.5) is 0 Å². The molecule has 0 saturated heterocycles. The molecule has 8 heteroatoms. The number of hydrogen-bond acceptors (Lipinski definition) is 5. The molecule has 0 aliphatic carbocycles. The summed E-state index contributed by atoms with van der Waals surface area (Å²) in [6.45, 7) is 2.13. The van der Waals surface area contributed by atoms with Crippen LogP contribution in [0.25, 0.3) is 0 Å². The first kappa shape index (κ1) is 21.6. The minimum Gasteiger partial charge on any atom is -0.489 e. The van der Waals surface area contributed by atoms with E-state index in [2.05, 4.69) is 0 Å². The third-order valence-electron chi connectivity index (χ3n) is 3.28. The Morgan fingerprint density at radius 2 is 1.65 bits per heavy atom. The maximum atomic E-state index is 11.3. The van der Waals surface area contributed by atoms with E-state index in [4.69, 9.17) is 20.8 Å². The lowest BCUT2D eigenvalue weighted by molar-refractivity contribution is -0.122. The molecular formula is C18H24N2O5S. The Labute approximate surface area is 153 Å². The van der Waals surface area contributed by atoms with Gasteiger partial charge < -0.3 is 16.2 Å². The Morgan fingerprint density at radius 1 is 1.12 bits per heavy atom. The van der Waals surface area contributed by atoms with Gasteiger partial charge in [0.1, 0.15) is 12.4 Å². The van der Waals surface area contributed by atoms with Gasteiger partial charge in [0.2, 0.25) is 5.91 Å². The SMILES string of the molecule is CC(N)(Cc1cccc(OCc2ccccc2)c1)C(N)=O.CS(=O)(=O)O. The van der Waals surface area contributed by atoms with Crippen LogP contribution in [0.3, 0.4) is 0 Å². The van der Waals surface area contributed by atoms with E-state index in [-0.39, 0.29) is 0 Å². The second-order valence-electron chi connectivity index (χ2n) is 6.11. The van der Waals surface area contributed by atoms with Crippen molar-refractivity contribution >= 4 is 16.0 Å². The van der Waals surface area contributed by atoms with Crippen LogP contribution in [0, 0.1) is 0 Å². The van der Waals surface area contributed by atoms with Gasteiger partial charge in [-0.3, -0.25) is 9.35 Å². The molecule has 0 aliphatic heterocycles. The molecule has 0 heterocycles. The number of ether oxygens (including phenoxy) is 1. The van der Waals surface area contributed by atoms with Crippen LogP contribution in [0.15, 0.2) is 54.6 Å². The maximum Gasteiger partial charge on any atom is 0.261 e. The zero-order chi connectivity index (χ0) is 19.8. The van der Waals surface area contributed by atoms with Crippen LogP contribution in [0.2, 0.25) is 0 Å². The van der Waals surface area contributed by atoms with E-state index < -0.39 is 21.6 Å². The second-order valence-corrected chi connectivity index (χ2v) is 7.58. The molecule has 1 atom stereocenters. The first-order valence-electron chi connectivity index (χ1n) is 7.74. The van der Waals surface area contributed by atoms with Crippen LogP contribution < -0.4 is 16.2 Å². The molecule has 2 aromatic rings. The molecule has 0 aromatic heterocycles. The highest BCUT2D eigenvalue weighted by Gasteiger charge is 2.25. The Bertz CT molecular complexity index is 812. The predicted molar refractivity (Wildman–Crippen MR) is 100 cm³/mol. The average Bonchev–Trinajstić information content (AvgIpc) is 2.52. The van der Waals surface area contributed by atoms with E-state index >= 15 is 0 Å². The average molecular weight is 380 g/mol. The summed E-state index contributed by atoms with van der Waals surface area (Å²) in [5, 5.41) is 0. The molecule has 7 nitrogen and oxygen atoms in total. The van der Waals surface area contributed by atoms with Gasteiger partial charge in [0.25, 0.3) is 10.1 Å². The third kappa shape index (κ3) is 9.16. The number of nitrogens with two attached hydrogens (primary N) is 2. The van der Waals surface area contributed by atoms with Gasteiger partial charge in [0.15, 0.2) is 0 Å².